The lowest BCUT2D eigenvalue weighted by molar-refractivity contribution is 0.409. The van der Waals surface area contributed by atoms with E-state index in [-0.39, 0.29) is 0 Å². The Kier molecular flexibility index (Phi) is 2.97. The number of aromatic nitrogens is 2. The molecule has 0 radical (unpaired) electrons. The largest absolute Gasteiger partial charge is 0.335 e. The maximum absolute atomic E-state index is 4.82. The number of rotatable bonds is 2. The van der Waals surface area contributed by atoms with Gasteiger partial charge in [-0.1, -0.05) is 6.92 Å². The van der Waals surface area contributed by atoms with E-state index < -0.39 is 0 Å². The third kappa shape index (κ3) is 2.15. The maximum atomic E-state index is 4.82. The molecule has 1 saturated heterocycles. The molecule has 2 atom stereocenters. The number of aryl methyl sites for hydroxylation is 1. The zero-order chi connectivity index (χ0) is 11.0. The molecule has 88 valence electrons. The average molecular weight is 236 g/mol. The summed E-state index contributed by atoms with van der Waals surface area (Å²) in [6.45, 7) is 3.52. The number of thioether (sulfide) groups is 1. The molecule has 2 aliphatic heterocycles. The average Bonchev–Trinajstić information content (AvgIpc) is 2.86. The van der Waals surface area contributed by atoms with Gasteiger partial charge < -0.3 is 4.57 Å². The van der Waals surface area contributed by atoms with Crippen LogP contribution in [0.5, 0.6) is 0 Å². The Morgan fingerprint density at radius 1 is 1.50 bits per heavy atom. The van der Waals surface area contributed by atoms with Crippen LogP contribution in [0.15, 0.2) is 6.20 Å². The number of hydrogen-bond acceptors (Lipinski definition) is 2. The van der Waals surface area contributed by atoms with E-state index in [1.165, 1.54) is 55.3 Å². The molecule has 0 spiro atoms. The lowest BCUT2D eigenvalue weighted by Crippen LogP contribution is -2.16. The third-order valence-electron chi connectivity index (χ3n) is 3.82. The highest BCUT2D eigenvalue weighted by atomic mass is 32.2. The predicted octanol–water partition coefficient (Wildman–Crippen LogP) is 2.76. The van der Waals surface area contributed by atoms with Crippen LogP contribution in [0.3, 0.4) is 0 Å². The van der Waals surface area contributed by atoms with Crippen molar-refractivity contribution in [2.75, 3.05) is 11.5 Å². The number of nitrogens with zero attached hydrogens (tertiary/aromatic N) is 2. The van der Waals surface area contributed by atoms with E-state index in [1.54, 1.807) is 0 Å². The lowest BCUT2D eigenvalue weighted by atomic mass is 10.0. The Balaban J connectivity index is 1.71. The summed E-state index contributed by atoms with van der Waals surface area (Å²) in [5, 5.41) is 0. The Bertz CT molecular complexity index is 366. The van der Waals surface area contributed by atoms with Crippen LogP contribution in [0.2, 0.25) is 0 Å². The summed E-state index contributed by atoms with van der Waals surface area (Å²) in [6, 6.07) is 0. The van der Waals surface area contributed by atoms with Gasteiger partial charge in [0.25, 0.3) is 0 Å². The number of hydrogen-bond donors (Lipinski definition) is 0. The molecule has 3 heterocycles. The quantitative estimate of drug-likeness (QED) is 0.786. The van der Waals surface area contributed by atoms with Gasteiger partial charge in [0.15, 0.2) is 0 Å². The summed E-state index contributed by atoms with van der Waals surface area (Å²) < 4.78 is 2.39. The van der Waals surface area contributed by atoms with Gasteiger partial charge in [-0.25, -0.2) is 4.98 Å². The first kappa shape index (κ1) is 10.7. The fourth-order valence-electron chi connectivity index (χ4n) is 2.78. The molecule has 3 heteroatoms. The van der Waals surface area contributed by atoms with Gasteiger partial charge in [0.05, 0.1) is 5.69 Å². The molecule has 2 nitrogen and oxygen atoms in total. The molecule has 0 N–H and O–H groups in total. The Morgan fingerprint density at radius 3 is 3.25 bits per heavy atom. The number of fused-ring (bicyclic) bond motifs is 1. The Labute approximate surface area is 102 Å². The van der Waals surface area contributed by atoms with Crippen molar-refractivity contribution in [1.29, 1.82) is 0 Å². The third-order valence-corrected chi connectivity index (χ3v) is 5.06. The summed E-state index contributed by atoms with van der Waals surface area (Å²) in [5.74, 6) is 5.75. The summed E-state index contributed by atoms with van der Waals surface area (Å²) in [5.41, 5.74) is 1.34. The maximum Gasteiger partial charge on any atom is 0.109 e. The van der Waals surface area contributed by atoms with Gasteiger partial charge in [0.2, 0.25) is 0 Å². The highest BCUT2D eigenvalue weighted by molar-refractivity contribution is 7.99. The second-order valence-electron chi connectivity index (χ2n) is 5.37. The minimum absolute atomic E-state index is 0.824. The molecule has 0 aromatic carbocycles. The molecule has 0 aliphatic carbocycles. The smallest absolute Gasteiger partial charge is 0.109 e. The van der Waals surface area contributed by atoms with Crippen molar-refractivity contribution in [3.05, 3.63) is 17.7 Å². The molecule has 1 fully saturated rings. The van der Waals surface area contributed by atoms with Gasteiger partial charge in [-0.2, -0.15) is 11.8 Å². The van der Waals surface area contributed by atoms with Gasteiger partial charge >= 0.3 is 0 Å². The summed E-state index contributed by atoms with van der Waals surface area (Å²) >= 11 is 2.10. The topological polar surface area (TPSA) is 17.8 Å². The molecule has 3 rings (SSSR count). The van der Waals surface area contributed by atoms with Crippen molar-refractivity contribution in [2.24, 2.45) is 11.8 Å². The normalized spacial score (nSPS) is 29.3. The van der Waals surface area contributed by atoms with Crippen LogP contribution in [0, 0.1) is 11.8 Å². The molecule has 0 saturated carbocycles. The Morgan fingerprint density at radius 2 is 2.44 bits per heavy atom. The van der Waals surface area contributed by atoms with E-state index in [0.29, 0.717) is 0 Å². The number of imidazole rings is 1. The molecular formula is C13H20N2S. The molecule has 2 unspecified atom stereocenters. The van der Waals surface area contributed by atoms with E-state index in [0.717, 1.165) is 11.8 Å². The van der Waals surface area contributed by atoms with Crippen LogP contribution in [-0.4, -0.2) is 21.1 Å². The van der Waals surface area contributed by atoms with Gasteiger partial charge in [-0.15, -0.1) is 0 Å². The second kappa shape index (κ2) is 4.44. The first-order valence-corrected chi connectivity index (χ1v) is 7.59. The van der Waals surface area contributed by atoms with E-state index in [4.69, 9.17) is 4.98 Å². The summed E-state index contributed by atoms with van der Waals surface area (Å²) in [7, 11) is 0. The van der Waals surface area contributed by atoms with Crippen molar-refractivity contribution in [2.45, 2.75) is 39.2 Å². The fraction of sp³-hybridized carbons (Fsp3) is 0.769. The fourth-order valence-corrected chi connectivity index (χ4v) is 4.07. The van der Waals surface area contributed by atoms with Crippen molar-refractivity contribution < 1.29 is 0 Å². The highest BCUT2D eigenvalue weighted by Crippen LogP contribution is 2.27. The SMILES string of the molecule is CC1CCn2cc(CC3CCSC3)nc2C1. The van der Waals surface area contributed by atoms with Crippen molar-refractivity contribution in [3.8, 4) is 0 Å². The Hall–Kier alpha value is -0.440. The lowest BCUT2D eigenvalue weighted by Gasteiger charge is -2.18. The monoisotopic (exact) mass is 236 g/mol. The summed E-state index contributed by atoms with van der Waals surface area (Å²) in [6.07, 6.45) is 7.41. The summed E-state index contributed by atoms with van der Waals surface area (Å²) in [4.78, 5) is 4.82. The highest BCUT2D eigenvalue weighted by Gasteiger charge is 2.20. The molecule has 0 amide bonds. The standard InChI is InChI=1S/C13H20N2S/c1-10-2-4-15-8-12(14-13(15)6-10)7-11-3-5-16-9-11/h8,10-11H,2-7,9H2,1H3. The van der Waals surface area contributed by atoms with Crippen LogP contribution in [0.25, 0.3) is 0 Å². The van der Waals surface area contributed by atoms with Gasteiger partial charge in [-0.3, -0.25) is 0 Å². The second-order valence-corrected chi connectivity index (χ2v) is 6.52. The van der Waals surface area contributed by atoms with E-state index >= 15 is 0 Å². The molecular weight excluding hydrogens is 216 g/mol. The van der Waals surface area contributed by atoms with Crippen LogP contribution in [0.1, 0.15) is 31.3 Å². The predicted molar refractivity (Wildman–Crippen MR) is 68.8 cm³/mol. The van der Waals surface area contributed by atoms with E-state index in [9.17, 15) is 0 Å². The minimum atomic E-state index is 0.824. The molecule has 16 heavy (non-hydrogen) atoms. The van der Waals surface area contributed by atoms with Crippen molar-refractivity contribution in [3.63, 3.8) is 0 Å². The van der Waals surface area contributed by atoms with Crippen LogP contribution in [0.4, 0.5) is 0 Å². The minimum Gasteiger partial charge on any atom is -0.335 e. The molecule has 1 aromatic rings. The molecule has 0 bridgehead atoms. The zero-order valence-electron chi connectivity index (χ0n) is 9.98. The zero-order valence-corrected chi connectivity index (χ0v) is 10.8. The van der Waals surface area contributed by atoms with E-state index in [2.05, 4.69) is 29.4 Å². The van der Waals surface area contributed by atoms with Crippen molar-refractivity contribution in [1.82, 2.24) is 9.55 Å². The van der Waals surface area contributed by atoms with Gasteiger partial charge in [-0.05, 0) is 42.6 Å². The first-order valence-electron chi connectivity index (χ1n) is 6.44. The van der Waals surface area contributed by atoms with Crippen molar-refractivity contribution >= 4 is 11.8 Å². The molecule has 2 aliphatic rings. The first-order chi connectivity index (χ1) is 7.81. The van der Waals surface area contributed by atoms with Crippen LogP contribution < -0.4 is 0 Å². The van der Waals surface area contributed by atoms with Gasteiger partial charge in [0, 0.05) is 19.2 Å². The van der Waals surface area contributed by atoms with Gasteiger partial charge in [0.1, 0.15) is 5.82 Å². The molecule has 1 aromatic heterocycles. The van der Waals surface area contributed by atoms with Crippen LogP contribution >= 0.6 is 11.8 Å². The van der Waals surface area contributed by atoms with Crippen LogP contribution in [-0.2, 0) is 19.4 Å². The van der Waals surface area contributed by atoms with E-state index in [1.807, 2.05) is 0 Å².